The van der Waals surface area contributed by atoms with Crippen molar-refractivity contribution in [1.29, 1.82) is 0 Å². The largest absolute Gasteiger partial charge is 0.468 e. The standard InChI is InChI=1S/C27H36N6O4/c1-19(17-32-11-13-36-14-12-32)5-6-20(2)22-9-7-21(8-10-22)18-33-25-23(29-27(33)35-4)24(28)30-26(31-25)37-16-15-34-3/h5-10H,11-18H2,1-4H3,(H2,28,30,31)/b19-5+,20-6+. The number of hydrogen-bond acceptors (Lipinski definition) is 9. The first-order valence-electron chi connectivity index (χ1n) is 12.4. The number of imidazole rings is 1. The highest BCUT2D eigenvalue weighted by molar-refractivity contribution is 5.83. The average molecular weight is 509 g/mol. The number of rotatable bonds is 11. The van der Waals surface area contributed by atoms with Crippen LogP contribution < -0.4 is 15.2 Å². The Balaban J connectivity index is 1.49. The highest BCUT2D eigenvalue weighted by Gasteiger charge is 2.18. The Morgan fingerprint density at radius 3 is 2.49 bits per heavy atom. The minimum atomic E-state index is 0.180. The minimum absolute atomic E-state index is 0.180. The molecule has 0 spiro atoms. The number of anilines is 1. The number of ether oxygens (including phenoxy) is 4. The SMILES string of the molecule is COCCOc1nc(N)c2nc(OC)n(Cc3ccc(/C(C)=C/C=C(\C)CN4CCOCC4)cc3)c2n1. The molecule has 2 N–H and O–H groups in total. The number of nitrogen functional groups attached to an aromatic ring is 1. The van der Waals surface area contributed by atoms with E-state index in [0.29, 0.717) is 36.9 Å². The molecule has 0 bridgehead atoms. The average Bonchev–Trinajstić information content (AvgIpc) is 3.26. The normalized spacial score (nSPS) is 15.4. The van der Waals surface area contributed by atoms with Crippen molar-refractivity contribution in [3.63, 3.8) is 0 Å². The summed E-state index contributed by atoms with van der Waals surface area (Å²) in [6, 6.07) is 9.04. The van der Waals surface area contributed by atoms with Crippen molar-refractivity contribution in [2.75, 3.05) is 66.0 Å². The predicted molar refractivity (Wildman–Crippen MR) is 144 cm³/mol. The van der Waals surface area contributed by atoms with Crippen LogP contribution in [0, 0.1) is 0 Å². The third-order valence-electron chi connectivity index (χ3n) is 6.21. The molecule has 1 aliphatic heterocycles. The maximum Gasteiger partial charge on any atom is 0.320 e. The van der Waals surface area contributed by atoms with Crippen LogP contribution in [0.1, 0.15) is 25.0 Å². The van der Waals surface area contributed by atoms with E-state index in [1.165, 1.54) is 16.7 Å². The zero-order valence-electron chi connectivity index (χ0n) is 22.1. The second kappa shape index (κ2) is 12.7. The Bertz CT molecular complexity index is 1250. The van der Waals surface area contributed by atoms with Gasteiger partial charge in [-0.1, -0.05) is 42.0 Å². The van der Waals surface area contributed by atoms with Gasteiger partial charge in [0.15, 0.2) is 17.0 Å². The van der Waals surface area contributed by atoms with Crippen molar-refractivity contribution in [3.8, 4) is 12.0 Å². The quantitative estimate of drug-likeness (QED) is 0.308. The van der Waals surface area contributed by atoms with Gasteiger partial charge in [0.2, 0.25) is 0 Å². The third kappa shape index (κ3) is 6.85. The van der Waals surface area contributed by atoms with Gasteiger partial charge in [-0.05, 0) is 30.5 Å². The molecule has 0 saturated carbocycles. The molecule has 37 heavy (non-hydrogen) atoms. The van der Waals surface area contributed by atoms with Crippen LogP contribution >= 0.6 is 0 Å². The van der Waals surface area contributed by atoms with E-state index in [1.54, 1.807) is 14.2 Å². The van der Waals surface area contributed by atoms with E-state index < -0.39 is 0 Å². The zero-order valence-corrected chi connectivity index (χ0v) is 22.1. The van der Waals surface area contributed by atoms with Gasteiger partial charge in [0, 0.05) is 26.7 Å². The molecule has 1 aliphatic rings. The minimum Gasteiger partial charge on any atom is -0.468 e. The maximum absolute atomic E-state index is 6.13. The number of nitrogens with zero attached hydrogens (tertiary/aromatic N) is 5. The lowest BCUT2D eigenvalue weighted by Crippen LogP contribution is -2.37. The molecule has 0 atom stereocenters. The van der Waals surface area contributed by atoms with E-state index in [0.717, 1.165) is 38.4 Å². The van der Waals surface area contributed by atoms with Gasteiger partial charge >= 0.3 is 6.01 Å². The summed E-state index contributed by atoms with van der Waals surface area (Å²) in [5.74, 6) is 0.238. The lowest BCUT2D eigenvalue weighted by atomic mass is 10.0. The summed E-state index contributed by atoms with van der Waals surface area (Å²) >= 11 is 0. The Kier molecular flexibility index (Phi) is 9.10. The molecule has 10 nitrogen and oxygen atoms in total. The molecule has 2 aromatic heterocycles. The van der Waals surface area contributed by atoms with Crippen molar-refractivity contribution < 1.29 is 18.9 Å². The second-order valence-electron chi connectivity index (χ2n) is 9.04. The number of fused-ring (bicyclic) bond motifs is 1. The van der Waals surface area contributed by atoms with Gasteiger partial charge < -0.3 is 24.7 Å². The van der Waals surface area contributed by atoms with Crippen LogP contribution in [0.25, 0.3) is 16.7 Å². The van der Waals surface area contributed by atoms with E-state index in [2.05, 4.69) is 70.1 Å². The van der Waals surface area contributed by atoms with Gasteiger partial charge in [-0.15, -0.1) is 0 Å². The summed E-state index contributed by atoms with van der Waals surface area (Å²) in [5.41, 5.74) is 12.0. The molecule has 3 aromatic rings. The summed E-state index contributed by atoms with van der Waals surface area (Å²) in [4.78, 5) is 15.6. The number of methoxy groups -OCH3 is 2. The Labute approximate surface area is 217 Å². The van der Waals surface area contributed by atoms with E-state index in [1.807, 2.05) is 4.57 Å². The molecule has 3 heterocycles. The van der Waals surface area contributed by atoms with Crippen molar-refractivity contribution in [2.24, 2.45) is 0 Å². The van der Waals surface area contributed by atoms with Gasteiger partial charge in [-0.3, -0.25) is 9.47 Å². The third-order valence-corrected chi connectivity index (χ3v) is 6.21. The van der Waals surface area contributed by atoms with Crippen LogP contribution in [-0.2, 0) is 16.0 Å². The first-order valence-corrected chi connectivity index (χ1v) is 12.4. The van der Waals surface area contributed by atoms with E-state index in [4.69, 9.17) is 24.7 Å². The smallest absolute Gasteiger partial charge is 0.320 e. The molecule has 0 amide bonds. The molecular formula is C27H36N6O4. The van der Waals surface area contributed by atoms with E-state index in [9.17, 15) is 0 Å². The molecule has 1 saturated heterocycles. The number of hydrogen-bond donors (Lipinski definition) is 1. The number of nitrogens with two attached hydrogens (primary N) is 1. The molecule has 1 fully saturated rings. The van der Waals surface area contributed by atoms with Gasteiger partial charge in [0.1, 0.15) is 6.61 Å². The maximum atomic E-state index is 6.13. The zero-order chi connectivity index (χ0) is 26.2. The van der Waals surface area contributed by atoms with Crippen molar-refractivity contribution in [2.45, 2.75) is 20.4 Å². The lowest BCUT2D eigenvalue weighted by molar-refractivity contribution is 0.0423. The molecule has 0 aliphatic carbocycles. The van der Waals surface area contributed by atoms with Crippen LogP contribution in [0.15, 0.2) is 42.0 Å². The van der Waals surface area contributed by atoms with Crippen LogP contribution in [0.4, 0.5) is 5.82 Å². The fourth-order valence-electron chi connectivity index (χ4n) is 4.14. The fourth-order valence-corrected chi connectivity index (χ4v) is 4.14. The Hall–Kier alpha value is -3.47. The van der Waals surface area contributed by atoms with Gasteiger partial charge in [0.05, 0.1) is 33.5 Å². The highest BCUT2D eigenvalue weighted by Crippen LogP contribution is 2.27. The van der Waals surface area contributed by atoms with E-state index in [-0.39, 0.29) is 11.8 Å². The lowest BCUT2D eigenvalue weighted by Gasteiger charge is -2.26. The first-order chi connectivity index (χ1) is 18.0. The molecule has 0 unspecified atom stereocenters. The van der Waals surface area contributed by atoms with Gasteiger partial charge in [0.25, 0.3) is 6.01 Å². The van der Waals surface area contributed by atoms with Crippen LogP contribution in [0.2, 0.25) is 0 Å². The molecule has 0 radical (unpaired) electrons. The van der Waals surface area contributed by atoms with Crippen molar-refractivity contribution in [3.05, 3.63) is 53.1 Å². The summed E-state index contributed by atoms with van der Waals surface area (Å²) in [6.45, 7) is 10.2. The van der Waals surface area contributed by atoms with Gasteiger partial charge in [-0.2, -0.15) is 15.0 Å². The van der Waals surface area contributed by atoms with Crippen LogP contribution in [-0.4, -0.2) is 84.7 Å². The first kappa shape index (κ1) is 26.6. The number of benzene rings is 1. The highest BCUT2D eigenvalue weighted by atomic mass is 16.5. The monoisotopic (exact) mass is 508 g/mol. The number of morpholine rings is 1. The Morgan fingerprint density at radius 2 is 1.78 bits per heavy atom. The fraction of sp³-hybridized carbons (Fsp3) is 0.444. The van der Waals surface area contributed by atoms with Crippen molar-refractivity contribution in [1.82, 2.24) is 24.4 Å². The molecule has 198 valence electrons. The molecule has 4 rings (SSSR count). The topological polar surface area (TPSA) is 110 Å². The van der Waals surface area contributed by atoms with E-state index >= 15 is 0 Å². The van der Waals surface area contributed by atoms with Gasteiger partial charge in [-0.25, -0.2) is 0 Å². The molecule has 10 heteroatoms. The summed E-state index contributed by atoms with van der Waals surface area (Å²) in [6.07, 6.45) is 4.39. The molecule has 1 aromatic carbocycles. The summed E-state index contributed by atoms with van der Waals surface area (Å²) in [7, 11) is 3.18. The number of aromatic nitrogens is 4. The summed E-state index contributed by atoms with van der Waals surface area (Å²) in [5, 5.41) is 0. The Morgan fingerprint density at radius 1 is 1.03 bits per heavy atom. The predicted octanol–water partition coefficient (Wildman–Crippen LogP) is 3.17. The number of allylic oxidation sites excluding steroid dienone is 3. The molecular weight excluding hydrogens is 472 g/mol. The van der Waals surface area contributed by atoms with Crippen LogP contribution in [0.3, 0.4) is 0 Å². The summed E-state index contributed by atoms with van der Waals surface area (Å²) < 4.78 is 23.4. The van der Waals surface area contributed by atoms with Crippen molar-refractivity contribution >= 4 is 22.6 Å². The second-order valence-corrected chi connectivity index (χ2v) is 9.04. The van der Waals surface area contributed by atoms with Crippen LogP contribution in [0.5, 0.6) is 12.0 Å².